The topological polar surface area (TPSA) is 71.5 Å². The molecule has 1 atom stereocenters. The highest BCUT2D eigenvalue weighted by atomic mass is 127. The fourth-order valence-corrected chi connectivity index (χ4v) is 2.83. The molecule has 1 unspecified atom stereocenters. The van der Waals surface area contributed by atoms with E-state index in [2.05, 4.69) is 32.4 Å². The van der Waals surface area contributed by atoms with E-state index in [1.54, 1.807) is 11.7 Å². The van der Waals surface area contributed by atoms with Crippen molar-refractivity contribution < 1.29 is 4.52 Å². The third-order valence-electron chi connectivity index (χ3n) is 3.90. The Morgan fingerprint density at radius 1 is 1.46 bits per heavy atom. The van der Waals surface area contributed by atoms with Crippen LogP contribution in [0.4, 0.5) is 0 Å². The van der Waals surface area contributed by atoms with E-state index >= 15 is 0 Å². The predicted octanol–water partition coefficient (Wildman–Crippen LogP) is 2.45. The minimum atomic E-state index is 0. The van der Waals surface area contributed by atoms with Gasteiger partial charge in [0, 0.05) is 57.5 Å². The minimum Gasteiger partial charge on any atom is -0.361 e. The van der Waals surface area contributed by atoms with Crippen molar-refractivity contribution in [2.75, 3.05) is 20.6 Å². The van der Waals surface area contributed by atoms with Gasteiger partial charge in [0.2, 0.25) is 0 Å². The molecular formula is C16H27IN6O. The van der Waals surface area contributed by atoms with Gasteiger partial charge in [-0.15, -0.1) is 24.0 Å². The van der Waals surface area contributed by atoms with Crippen molar-refractivity contribution in [2.45, 2.75) is 33.2 Å². The van der Waals surface area contributed by atoms with E-state index in [4.69, 9.17) is 4.52 Å². The SMILES string of the molecule is CN=C(NCC(C)c1c(C)noc1C)N(C)Cc1cnn(C)c1.I. The summed E-state index contributed by atoms with van der Waals surface area (Å²) in [5.41, 5.74) is 3.27. The molecule has 2 aromatic rings. The molecule has 24 heavy (non-hydrogen) atoms. The fraction of sp³-hybridized carbons (Fsp3) is 0.562. The lowest BCUT2D eigenvalue weighted by molar-refractivity contribution is 0.391. The van der Waals surface area contributed by atoms with Crippen LogP contribution < -0.4 is 5.32 Å². The van der Waals surface area contributed by atoms with Gasteiger partial charge in [0.25, 0.3) is 0 Å². The summed E-state index contributed by atoms with van der Waals surface area (Å²) < 4.78 is 7.06. The second kappa shape index (κ2) is 9.05. The molecule has 0 radical (unpaired) electrons. The maximum Gasteiger partial charge on any atom is 0.193 e. The first-order valence-electron chi connectivity index (χ1n) is 7.74. The molecule has 0 aromatic carbocycles. The lowest BCUT2D eigenvalue weighted by Gasteiger charge is -2.23. The smallest absolute Gasteiger partial charge is 0.193 e. The first-order chi connectivity index (χ1) is 10.9. The first kappa shape index (κ1) is 20.5. The Bertz CT molecular complexity index is 658. The number of hydrogen-bond acceptors (Lipinski definition) is 4. The number of rotatable bonds is 5. The summed E-state index contributed by atoms with van der Waals surface area (Å²) >= 11 is 0. The zero-order chi connectivity index (χ0) is 17.0. The predicted molar refractivity (Wildman–Crippen MR) is 106 cm³/mol. The molecule has 0 spiro atoms. The van der Waals surface area contributed by atoms with Gasteiger partial charge < -0.3 is 14.7 Å². The molecule has 0 aliphatic heterocycles. The summed E-state index contributed by atoms with van der Waals surface area (Å²) in [5, 5.41) is 11.6. The number of nitrogens with zero attached hydrogens (tertiary/aromatic N) is 5. The van der Waals surface area contributed by atoms with Crippen LogP contribution in [-0.2, 0) is 13.6 Å². The van der Waals surface area contributed by atoms with E-state index in [1.165, 1.54) is 5.56 Å². The van der Waals surface area contributed by atoms with Crippen LogP contribution in [0.1, 0.15) is 35.4 Å². The quantitative estimate of drug-likeness (QED) is 0.434. The van der Waals surface area contributed by atoms with Gasteiger partial charge in [0.15, 0.2) is 5.96 Å². The molecule has 0 saturated heterocycles. The Hall–Kier alpha value is -1.58. The molecule has 0 bridgehead atoms. The van der Waals surface area contributed by atoms with Crippen LogP contribution in [0.3, 0.4) is 0 Å². The molecule has 2 aromatic heterocycles. The summed E-state index contributed by atoms with van der Waals surface area (Å²) in [6.45, 7) is 7.62. The number of guanidine groups is 1. The lowest BCUT2D eigenvalue weighted by Crippen LogP contribution is -2.40. The number of halogens is 1. The van der Waals surface area contributed by atoms with Gasteiger partial charge in [-0.2, -0.15) is 5.10 Å². The minimum absolute atomic E-state index is 0. The third kappa shape index (κ3) is 4.96. The second-order valence-electron chi connectivity index (χ2n) is 5.95. The molecule has 0 fully saturated rings. The Labute approximate surface area is 160 Å². The normalized spacial score (nSPS) is 12.7. The largest absolute Gasteiger partial charge is 0.361 e. The summed E-state index contributed by atoms with van der Waals surface area (Å²) in [7, 11) is 5.73. The Morgan fingerprint density at radius 2 is 2.17 bits per heavy atom. The molecular weight excluding hydrogens is 419 g/mol. The lowest BCUT2D eigenvalue weighted by atomic mass is 10.00. The summed E-state index contributed by atoms with van der Waals surface area (Å²) in [6.07, 6.45) is 3.88. The van der Waals surface area contributed by atoms with Gasteiger partial charge in [-0.1, -0.05) is 12.1 Å². The van der Waals surface area contributed by atoms with E-state index in [9.17, 15) is 0 Å². The summed E-state index contributed by atoms with van der Waals surface area (Å²) in [6, 6.07) is 0. The molecule has 0 aliphatic rings. The van der Waals surface area contributed by atoms with Gasteiger partial charge in [0.05, 0.1) is 11.9 Å². The number of hydrogen-bond donors (Lipinski definition) is 1. The number of aromatic nitrogens is 3. The molecule has 8 heteroatoms. The van der Waals surface area contributed by atoms with E-state index < -0.39 is 0 Å². The van der Waals surface area contributed by atoms with Gasteiger partial charge in [-0.25, -0.2) is 0 Å². The van der Waals surface area contributed by atoms with Crippen molar-refractivity contribution in [3.63, 3.8) is 0 Å². The van der Waals surface area contributed by atoms with Crippen LogP contribution in [0.2, 0.25) is 0 Å². The standard InChI is InChI=1S/C16H26N6O.HI/c1-11(15-12(2)20-23-13(15)3)7-18-16(17-4)21(5)9-14-8-19-22(6)10-14;/h8,10-11H,7,9H2,1-6H3,(H,17,18);1H. The van der Waals surface area contributed by atoms with Crippen LogP contribution in [-0.4, -0.2) is 46.4 Å². The molecule has 0 aliphatic carbocycles. The molecule has 2 heterocycles. The van der Waals surface area contributed by atoms with E-state index in [-0.39, 0.29) is 24.0 Å². The Kier molecular flexibility index (Phi) is 7.71. The van der Waals surface area contributed by atoms with E-state index in [1.807, 2.05) is 40.3 Å². The number of aliphatic imine (C=N–C) groups is 1. The fourth-order valence-electron chi connectivity index (χ4n) is 2.83. The van der Waals surface area contributed by atoms with Crippen LogP contribution in [0.15, 0.2) is 21.9 Å². The van der Waals surface area contributed by atoms with Gasteiger partial charge in [-0.3, -0.25) is 9.67 Å². The number of nitrogens with one attached hydrogen (secondary N) is 1. The second-order valence-corrected chi connectivity index (χ2v) is 5.95. The van der Waals surface area contributed by atoms with Crippen molar-refractivity contribution in [3.05, 3.63) is 35.0 Å². The average Bonchev–Trinajstić information content (AvgIpc) is 3.05. The van der Waals surface area contributed by atoms with Crippen LogP contribution in [0, 0.1) is 13.8 Å². The van der Waals surface area contributed by atoms with Crippen LogP contribution >= 0.6 is 24.0 Å². The molecule has 7 nitrogen and oxygen atoms in total. The number of aryl methyl sites for hydroxylation is 3. The van der Waals surface area contributed by atoms with E-state index in [0.29, 0.717) is 5.92 Å². The Morgan fingerprint density at radius 3 is 2.67 bits per heavy atom. The average molecular weight is 446 g/mol. The summed E-state index contributed by atoms with van der Waals surface area (Å²) in [5.74, 6) is 2.03. The highest BCUT2D eigenvalue weighted by molar-refractivity contribution is 14.0. The van der Waals surface area contributed by atoms with Gasteiger partial charge in [0.1, 0.15) is 5.76 Å². The monoisotopic (exact) mass is 446 g/mol. The van der Waals surface area contributed by atoms with Crippen LogP contribution in [0.5, 0.6) is 0 Å². The van der Waals surface area contributed by atoms with Gasteiger partial charge >= 0.3 is 0 Å². The van der Waals surface area contributed by atoms with Crippen LogP contribution in [0.25, 0.3) is 0 Å². The maximum atomic E-state index is 5.25. The third-order valence-corrected chi connectivity index (χ3v) is 3.90. The zero-order valence-electron chi connectivity index (χ0n) is 15.2. The van der Waals surface area contributed by atoms with Crippen molar-refractivity contribution >= 4 is 29.9 Å². The van der Waals surface area contributed by atoms with Crippen molar-refractivity contribution in [1.82, 2.24) is 25.2 Å². The molecule has 2 rings (SSSR count). The molecule has 134 valence electrons. The Balaban J connectivity index is 0.00000288. The van der Waals surface area contributed by atoms with Crippen molar-refractivity contribution in [3.8, 4) is 0 Å². The van der Waals surface area contributed by atoms with E-state index in [0.717, 1.165) is 36.1 Å². The van der Waals surface area contributed by atoms with Crippen molar-refractivity contribution in [1.29, 1.82) is 0 Å². The molecule has 0 saturated carbocycles. The molecule has 1 N–H and O–H groups in total. The summed E-state index contributed by atoms with van der Waals surface area (Å²) in [4.78, 5) is 6.43. The zero-order valence-corrected chi connectivity index (χ0v) is 17.5. The first-order valence-corrected chi connectivity index (χ1v) is 7.74. The molecule has 0 amide bonds. The highest BCUT2D eigenvalue weighted by Crippen LogP contribution is 2.22. The van der Waals surface area contributed by atoms with Gasteiger partial charge in [-0.05, 0) is 13.8 Å². The van der Waals surface area contributed by atoms with Crippen molar-refractivity contribution in [2.24, 2.45) is 12.0 Å². The highest BCUT2D eigenvalue weighted by Gasteiger charge is 2.17. The maximum absolute atomic E-state index is 5.25.